The second-order valence-electron chi connectivity index (χ2n) is 3.17. The van der Waals surface area contributed by atoms with Crippen molar-refractivity contribution in [2.75, 3.05) is 0 Å². The standard InChI is InChI=1S/C11H9ClN2OS/c12-9-2-4-16-11(9)10(15)7-1-3-14-8(5-7)6-13/h1-5H,6,13H2. The van der Waals surface area contributed by atoms with Crippen molar-refractivity contribution in [3.63, 3.8) is 0 Å². The van der Waals surface area contributed by atoms with Crippen molar-refractivity contribution in [3.8, 4) is 0 Å². The Labute approximate surface area is 102 Å². The van der Waals surface area contributed by atoms with Crippen LogP contribution in [0.1, 0.15) is 20.9 Å². The van der Waals surface area contributed by atoms with Crippen LogP contribution in [-0.4, -0.2) is 10.8 Å². The molecule has 0 saturated carbocycles. The largest absolute Gasteiger partial charge is 0.325 e. The number of carbonyl (C=O) groups is 1. The van der Waals surface area contributed by atoms with E-state index in [-0.39, 0.29) is 5.78 Å². The molecule has 0 atom stereocenters. The van der Waals surface area contributed by atoms with Gasteiger partial charge in [0.2, 0.25) is 5.78 Å². The molecule has 0 spiro atoms. The number of hydrogen-bond donors (Lipinski definition) is 1. The summed E-state index contributed by atoms with van der Waals surface area (Å²) in [4.78, 5) is 16.6. The molecule has 0 bridgehead atoms. The molecular weight excluding hydrogens is 244 g/mol. The van der Waals surface area contributed by atoms with Gasteiger partial charge < -0.3 is 5.73 Å². The third kappa shape index (κ3) is 2.14. The van der Waals surface area contributed by atoms with Crippen LogP contribution < -0.4 is 5.73 Å². The molecule has 16 heavy (non-hydrogen) atoms. The molecule has 3 nitrogen and oxygen atoms in total. The van der Waals surface area contributed by atoms with Crippen LogP contribution in [0.3, 0.4) is 0 Å². The summed E-state index contributed by atoms with van der Waals surface area (Å²) in [6, 6.07) is 5.07. The molecule has 0 aromatic carbocycles. The van der Waals surface area contributed by atoms with Crippen molar-refractivity contribution in [1.29, 1.82) is 0 Å². The summed E-state index contributed by atoms with van der Waals surface area (Å²) in [6.45, 7) is 0.319. The highest BCUT2D eigenvalue weighted by Gasteiger charge is 2.14. The van der Waals surface area contributed by atoms with Crippen molar-refractivity contribution in [3.05, 3.63) is 50.9 Å². The molecule has 0 radical (unpaired) electrons. The summed E-state index contributed by atoms with van der Waals surface area (Å²) in [6.07, 6.45) is 1.58. The number of carbonyl (C=O) groups excluding carboxylic acids is 1. The van der Waals surface area contributed by atoms with Gasteiger partial charge in [0.1, 0.15) is 0 Å². The normalized spacial score (nSPS) is 10.4. The molecule has 0 fully saturated rings. The van der Waals surface area contributed by atoms with Crippen molar-refractivity contribution >= 4 is 28.7 Å². The number of nitrogens with two attached hydrogens (primary N) is 1. The van der Waals surface area contributed by atoms with Gasteiger partial charge in [-0.3, -0.25) is 9.78 Å². The first-order chi connectivity index (χ1) is 7.72. The van der Waals surface area contributed by atoms with Crippen molar-refractivity contribution in [2.24, 2.45) is 5.73 Å². The minimum atomic E-state index is -0.0860. The summed E-state index contributed by atoms with van der Waals surface area (Å²) in [5.74, 6) is -0.0860. The first kappa shape index (κ1) is 11.3. The average molecular weight is 253 g/mol. The number of rotatable bonds is 3. The van der Waals surface area contributed by atoms with Crippen LogP contribution in [0, 0.1) is 0 Å². The van der Waals surface area contributed by atoms with E-state index < -0.39 is 0 Å². The molecule has 2 heterocycles. The minimum absolute atomic E-state index is 0.0860. The van der Waals surface area contributed by atoms with Crippen molar-refractivity contribution in [2.45, 2.75) is 6.54 Å². The number of pyridine rings is 1. The summed E-state index contributed by atoms with van der Waals surface area (Å²) in [5.41, 5.74) is 6.73. The number of halogens is 1. The molecule has 0 unspecified atom stereocenters. The van der Waals surface area contributed by atoms with Gasteiger partial charge in [-0.25, -0.2) is 0 Å². The van der Waals surface area contributed by atoms with E-state index in [2.05, 4.69) is 4.98 Å². The lowest BCUT2D eigenvalue weighted by Gasteiger charge is -2.01. The van der Waals surface area contributed by atoms with Gasteiger partial charge in [-0.05, 0) is 23.6 Å². The molecule has 0 saturated heterocycles. The summed E-state index contributed by atoms with van der Waals surface area (Å²) < 4.78 is 0. The number of nitrogens with zero attached hydrogens (tertiary/aromatic N) is 1. The van der Waals surface area contributed by atoms with E-state index in [1.165, 1.54) is 11.3 Å². The van der Waals surface area contributed by atoms with Gasteiger partial charge >= 0.3 is 0 Å². The van der Waals surface area contributed by atoms with Crippen LogP contribution in [0.4, 0.5) is 0 Å². The number of aromatic nitrogens is 1. The summed E-state index contributed by atoms with van der Waals surface area (Å²) in [7, 11) is 0. The fourth-order valence-electron chi connectivity index (χ4n) is 1.32. The second-order valence-corrected chi connectivity index (χ2v) is 4.49. The molecule has 2 rings (SSSR count). The summed E-state index contributed by atoms with van der Waals surface area (Å²) in [5, 5.41) is 2.28. The van der Waals surface area contributed by atoms with E-state index >= 15 is 0 Å². The predicted octanol–water partition coefficient (Wildman–Crippen LogP) is 2.49. The lowest BCUT2D eigenvalue weighted by Crippen LogP contribution is -2.04. The Morgan fingerprint density at radius 2 is 2.31 bits per heavy atom. The van der Waals surface area contributed by atoms with E-state index in [1.54, 1.807) is 29.8 Å². The Hall–Kier alpha value is -1.23. The van der Waals surface area contributed by atoms with Crippen molar-refractivity contribution in [1.82, 2.24) is 4.98 Å². The van der Waals surface area contributed by atoms with Crippen LogP contribution in [0.2, 0.25) is 5.02 Å². The fourth-order valence-corrected chi connectivity index (χ4v) is 2.42. The Morgan fingerprint density at radius 3 is 2.94 bits per heavy atom. The first-order valence-electron chi connectivity index (χ1n) is 4.65. The Kier molecular flexibility index (Phi) is 3.33. The number of ketones is 1. The Morgan fingerprint density at radius 1 is 1.50 bits per heavy atom. The van der Waals surface area contributed by atoms with Crippen LogP contribution in [-0.2, 0) is 6.54 Å². The van der Waals surface area contributed by atoms with E-state index in [9.17, 15) is 4.79 Å². The van der Waals surface area contributed by atoms with Gasteiger partial charge in [0.05, 0.1) is 15.6 Å². The van der Waals surface area contributed by atoms with E-state index in [4.69, 9.17) is 17.3 Å². The molecule has 0 aliphatic rings. The SMILES string of the molecule is NCc1cc(C(=O)c2sccc2Cl)ccn1. The molecule has 82 valence electrons. The van der Waals surface area contributed by atoms with Gasteiger partial charge in [0.25, 0.3) is 0 Å². The lowest BCUT2D eigenvalue weighted by molar-refractivity contribution is 0.104. The Bertz CT molecular complexity index is 524. The molecule has 0 aliphatic carbocycles. The highest BCUT2D eigenvalue weighted by Crippen LogP contribution is 2.24. The highest BCUT2D eigenvalue weighted by atomic mass is 35.5. The van der Waals surface area contributed by atoms with Crippen LogP contribution in [0.15, 0.2) is 29.8 Å². The molecule has 0 aliphatic heterocycles. The van der Waals surface area contributed by atoms with Crippen LogP contribution >= 0.6 is 22.9 Å². The zero-order chi connectivity index (χ0) is 11.5. The monoisotopic (exact) mass is 252 g/mol. The van der Waals surface area contributed by atoms with Gasteiger partial charge in [0.15, 0.2) is 0 Å². The third-order valence-corrected chi connectivity index (χ3v) is 3.45. The zero-order valence-electron chi connectivity index (χ0n) is 8.31. The first-order valence-corrected chi connectivity index (χ1v) is 5.91. The zero-order valence-corrected chi connectivity index (χ0v) is 9.89. The summed E-state index contributed by atoms with van der Waals surface area (Å²) >= 11 is 7.24. The molecular formula is C11H9ClN2OS. The van der Waals surface area contributed by atoms with Gasteiger partial charge in [0, 0.05) is 18.3 Å². The van der Waals surface area contributed by atoms with Crippen LogP contribution in [0.25, 0.3) is 0 Å². The average Bonchev–Trinajstić information content (AvgIpc) is 2.74. The number of hydrogen-bond acceptors (Lipinski definition) is 4. The molecule has 5 heteroatoms. The fraction of sp³-hybridized carbons (Fsp3) is 0.0909. The topological polar surface area (TPSA) is 56.0 Å². The molecule has 2 aromatic rings. The van der Waals surface area contributed by atoms with Crippen molar-refractivity contribution < 1.29 is 4.79 Å². The Balaban J connectivity index is 2.38. The third-order valence-electron chi connectivity index (χ3n) is 2.11. The number of thiophene rings is 1. The van der Waals surface area contributed by atoms with Gasteiger partial charge in [-0.1, -0.05) is 11.6 Å². The van der Waals surface area contributed by atoms with Gasteiger partial charge in [-0.15, -0.1) is 11.3 Å². The maximum absolute atomic E-state index is 12.1. The molecule has 2 aromatic heterocycles. The molecule has 0 amide bonds. The minimum Gasteiger partial charge on any atom is -0.325 e. The maximum Gasteiger partial charge on any atom is 0.204 e. The molecule has 2 N–H and O–H groups in total. The smallest absolute Gasteiger partial charge is 0.204 e. The highest BCUT2D eigenvalue weighted by molar-refractivity contribution is 7.13. The second kappa shape index (κ2) is 4.74. The van der Waals surface area contributed by atoms with E-state index in [0.717, 1.165) is 0 Å². The van der Waals surface area contributed by atoms with Crippen LogP contribution in [0.5, 0.6) is 0 Å². The quantitative estimate of drug-likeness (QED) is 0.854. The van der Waals surface area contributed by atoms with Gasteiger partial charge in [-0.2, -0.15) is 0 Å². The maximum atomic E-state index is 12.1. The lowest BCUT2D eigenvalue weighted by atomic mass is 10.1. The van der Waals surface area contributed by atoms with E-state index in [0.29, 0.717) is 27.7 Å². The predicted molar refractivity (Wildman–Crippen MR) is 64.9 cm³/mol. The van der Waals surface area contributed by atoms with E-state index in [1.807, 2.05) is 0 Å².